The van der Waals surface area contributed by atoms with E-state index in [9.17, 15) is 24.0 Å². The second kappa shape index (κ2) is 9.91. The topological polar surface area (TPSA) is 148 Å². The van der Waals surface area contributed by atoms with Gasteiger partial charge >= 0.3 is 6.09 Å². The second-order valence-corrected chi connectivity index (χ2v) is 13.7. The first-order valence-corrected chi connectivity index (χ1v) is 13.3. The smallest absolute Gasteiger partial charge is 0.408 e. The summed E-state index contributed by atoms with van der Waals surface area (Å²) in [6.07, 6.45) is 2.58. The lowest BCUT2D eigenvalue weighted by molar-refractivity contribution is -0.145. The molecule has 1 heterocycles. The molecule has 3 unspecified atom stereocenters. The molecule has 0 aromatic heterocycles. The van der Waals surface area contributed by atoms with Crippen LogP contribution in [0.15, 0.2) is 0 Å². The standard InChI is InChI=1S/C27H44N4O6/c1-25(2,3)20(30-24(36)37-26(4,5)6)23(35)31-13-15-17(27(15,7)8)18(31)22(34)29-16(19(32)21(28)33)12-14-10-9-11-14/h14-18,20H,9-13H2,1-8H3,(H2,28,33)(H,29,34)(H,30,36)/t15-,16?,17?,18-,20?/m0/s1. The lowest BCUT2D eigenvalue weighted by atomic mass is 9.80. The third kappa shape index (κ3) is 6.26. The van der Waals surface area contributed by atoms with Gasteiger partial charge in [-0.15, -0.1) is 0 Å². The zero-order chi connectivity index (χ0) is 28.1. The largest absolute Gasteiger partial charge is 0.444 e. The maximum atomic E-state index is 13.9. The highest BCUT2D eigenvalue weighted by Gasteiger charge is 2.70. The molecule has 37 heavy (non-hydrogen) atoms. The molecule has 3 rings (SSSR count). The molecule has 0 bridgehead atoms. The number of rotatable bonds is 8. The Morgan fingerprint density at radius 2 is 1.62 bits per heavy atom. The van der Waals surface area contributed by atoms with Crippen molar-refractivity contribution in [1.82, 2.24) is 15.5 Å². The minimum absolute atomic E-state index is 0.0911. The predicted octanol–water partition coefficient (Wildman–Crippen LogP) is 2.14. The normalized spacial score (nSPS) is 26.3. The molecule has 3 fully saturated rings. The second-order valence-electron chi connectivity index (χ2n) is 13.7. The average Bonchev–Trinajstić information content (AvgIpc) is 3.06. The molecule has 4 amide bonds. The van der Waals surface area contributed by atoms with Crippen LogP contribution in [-0.4, -0.2) is 64.8 Å². The quantitative estimate of drug-likeness (QED) is 0.418. The number of carbonyl (C=O) groups is 5. The Morgan fingerprint density at radius 3 is 2.08 bits per heavy atom. The summed E-state index contributed by atoms with van der Waals surface area (Å²) in [5.74, 6) is -2.46. The number of amides is 4. The Morgan fingerprint density at radius 1 is 1.03 bits per heavy atom. The van der Waals surface area contributed by atoms with Gasteiger partial charge in [0, 0.05) is 6.54 Å². The highest BCUT2D eigenvalue weighted by molar-refractivity contribution is 6.37. The van der Waals surface area contributed by atoms with Crippen molar-refractivity contribution in [2.45, 2.75) is 105 Å². The number of carbonyl (C=O) groups excluding carboxylic acids is 5. The molecule has 10 nitrogen and oxygen atoms in total. The van der Waals surface area contributed by atoms with Crippen molar-refractivity contribution < 1.29 is 28.7 Å². The molecular weight excluding hydrogens is 476 g/mol. The number of piperidine rings is 1. The fourth-order valence-corrected chi connectivity index (χ4v) is 5.78. The first kappa shape index (κ1) is 28.9. The van der Waals surface area contributed by atoms with Gasteiger partial charge in [0.25, 0.3) is 5.91 Å². The number of nitrogens with one attached hydrogen (secondary N) is 2. The van der Waals surface area contributed by atoms with Crippen LogP contribution in [0, 0.1) is 28.6 Å². The first-order chi connectivity index (χ1) is 16.8. The number of fused-ring (bicyclic) bond motifs is 1. The van der Waals surface area contributed by atoms with Crippen LogP contribution in [0.2, 0.25) is 0 Å². The van der Waals surface area contributed by atoms with Gasteiger partial charge in [-0.2, -0.15) is 0 Å². The molecule has 208 valence electrons. The number of hydrogen-bond acceptors (Lipinski definition) is 6. The van der Waals surface area contributed by atoms with Crippen LogP contribution in [-0.2, 0) is 23.9 Å². The van der Waals surface area contributed by atoms with E-state index in [1.165, 1.54) is 4.90 Å². The van der Waals surface area contributed by atoms with Crippen LogP contribution in [0.5, 0.6) is 0 Å². The van der Waals surface area contributed by atoms with E-state index < -0.39 is 52.8 Å². The summed E-state index contributed by atoms with van der Waals surface area (Å²) in [7, 11) is 0. The Kier molecular flexibility index (Phi) is 7.74. The number of likely N-dealkylation sites (tertiary alicyclic amines) is 1. The van der Waals surface area contributed by atoms with Crippen molar-refractivity contribution in [2.75, 3.05) is 6.54 Å². The number of hydrogen-bond donors (Lipinski definition) is 3. The van der Waals surface area contributed by atoms with E-state index in [0.29, 0.717) is 13.0 Å². The summed E-state index contributed by atoms with van der Waals surface area (Å²) < 4.78 is 5.39. The van der Waals surface area contributed by atoms with Crippen LogP contribution < -0.4 is 16.4 Å². The highest BCUT2D eigenvalue weighted by atomic mass is 16.6. The van der Waals surface area contributed by atoms with Crippen LogP contribution >= 0.6 is 0 Å². The van der Waals surface area contributed by atoms with E-state index in [2.05, 4.69) is 24.5 Å². The van der Waals surface area contributed by atoms with Crippen LogP contribution in [0.4, 0.5) is 4.79 Å². The monoisotopic (exact) mass is 520 g/mol. The van der Waals surface area contributed by atoms with Gasteiger partial charge in [-0.05, 0) is 55.8 Å². The van der Waals surface area contributed by atoms with Gasteiger partial charge in [0.2, 0.25) is 17.6 Å². The number of nitrogens with two attached hydrogens (primary N) is 1. The number of primary amides is 1. The lowest BCUT2D eigenvalue weighted by Gasteiger charge is -2.38. The fraction of sp³-hybridized carbons (Fsp3) is 0.815. The molecule has 0 spiro atoms. The molecule has 2 saturated carbocycles. The molecule has 0 aromatic carbocycles. The molecule has 2 aliphatic carbocycles. The Bertz CT molecular complexity index is 959. The molecule has 0 radical (unpaired) electrons. The minimum Gasteiger partial charge on any atom is -0.444 e. The fourth-order valence-electron chi connectivity index (χ4n) is 5.78. The zero-order valence-corrected chi connectivity index (χ0v) is 23.5. The molecule has 10 heteroatoms. The molecule has 1 aliphatic heterocycles. The Hall–Kier alpha value is -2.65. The van der Waals surface area contributed by atoms with E-state index in [1.807, 2.05) is 20.8 Å². The van der Waals surface area contributed by atoms with Crippen molar-refractivity contribution in [3.05, 3.63) is 0 Å². The maximum Gasteiger partial charge on any atom is 0.408 e. The summed E-state index contributed by atoms with van der Waals surface area (Å²) in [4.78, 5) is 65.9. The van der Waals surface area contributed by atoms with Crippen molar-refractivity contribution in [3.63, 3.8) is 0 Å². The van der Waals surface area contributed by atoms with E-state index in [0.717, 1.165) is 19.3 Å². The van der Waals surface area contributed by atoms with Crippen LogP contribution in [0.1, 0.15) is 81.1 Å². The number of Topliss-reactive ketones (excluding diaryl/α,β-unsaturated/α-hetero) is 1. The van der Waals surface area contributed by atoms with Crippen molar-refractivity contribution >= 4 is 29.6 Å². The maximum absolute atomic E-state index is 13.9. The molecule has 1 saturated heterocycles. The number of ether oxygens (including phenoxy) is 1. The first-order valence-electron chi connectivity index (χ1n) is 13.3. The Labute approximate surface area is 219 Å². The van der Waals surface area contributed by atoms with Gasteiger partial charge in [-0.25, -0.2) is 4.79 Å². The summed E-state index contributed by atoms with van der Waals surface area (Å²) >= 11 is 0. The van der Waals surface area contributed by atoms with Crippen molar-refractivity contribution in [1.29, 1.82) is 0 Å². The predicted molar refractivity (Wildman–Crippen MR) is 137 cm³/mol. The van der Waals surface area contributed by atoms with E-state index >= 15 is 0 Å². The summed E-state index contributed by atoms with van der Waals surface area (Å²) in [6, 6.07) is -2.76. The van der Waals surface area contributed by atoms with Gasteiger partial charge < -0.3 is 26.0 Å². The summed E-state index contributed by atoms with van der Waals surface area (Å²) in [6.45, 7) is 15.2. The number of alkyl carbamates (subject to hydrolysis) is 1. The van der Waals surface area contributed by atoms with Gasteiger partial charge in [-0.1, -0.05) is 53.9 Å². The van der Waals surface area contributed by atoms with Gasteiger partial charge in [0.1, 0.15) is 17.7 Å². The van der Waals surface area contributed by atoms with Crippen LogP contribution in [0.3, 0.4) is 0 Å². The SMILES string of the molecule is CC(C)(C)OC(=O)NC(C(=O)N1C[C@H]2C([C@H]1C(=O)NC(CC1CCC1)C(=O)C(N)=O)C2(C)C)C(C)(C)C. The average molecular weight is 521 g/mol. The third-order valence-corrected chi connectivity index (χ3v) is 8.20. The Balaban J connectivity index is 1.83. The molecule has 0 aromatic rings. The molecular formula is C27H44N4O6. The molecule has 4 N–H and O–H groups in total. The summed E-state index contributed by atoms with van der Waals surface area (Å²) in [5.41, 5.74) is 3.73. The lowest BCUT2D eigenvalue weighted by Crippen LogP contribution is -2.61. The van der Waals surface area contributed by atoms with E-state index in [4.69, 9.17) is 10.5 Å². The van der Waals surface area contributed by atoms with E-state index in [-0.39, 0.29) is 29.1 Å². The van der Waals surface area contributed by atoms with Crippen molar-refractivity contribution in [3.8, 4) is 0 Å². The third-order valence-electron chi connectivity index (χ3n) is 8.20. The van der Waals surface area contributed by atoms with Gasteiger partial charge in [0.05, 0.1) is 6.04 Å². The molecule has 5 atom stereocenters. The highest BCUT2D eigenvalue weighted by Crippen LogP contribution is 2.65. The number of nitrogens with zero attached hydrogens (tertiary/aromatic N) is 1. The number of ketones is 1. The zero-order valence-electron chi connectivity index (χ0n) is 23.5. The van der Waals surface area contributed by atoms with Gasteiger partial charge in [0.15, 0.2) is 0 Å². The van der Waals surface area contributed by atoms with E-state index in [1.54, 1.807) is 20.8 Å². The van der Waals surface area contributed by atoms with Gasteiger partial charge in [-0.3, -0.25) is 19.2 Å². The summed E-state index contributed by atoms with van der Waals surface area (Å²) in [5, 5.41) is 5.49. The minimum atomic E-state index is -1.08. The van der Waals surface area contributed by atoms with Crippen LogP contribution in [0.25, 0.3) is 0 Å². The van der Waals surface area contributed by atoms with Crippen molar-refractivity contribution in [2.24, 2.45) is 34.3 Å². The molecule has 3 aliphatic rings.